The molecule has 1 aliphatic heterocycles. The second-order valence-electron chi connectivity index (χ2n) is 7.06. The second-order valence-corrected chi connectivity index (χ2v) is 9.36. The number of imide groups is 1. The Morgan fingerprint density at radius 3 is 2.14 bits per heavy atom. The Morgan fingerprint density at radius 1 is 1.14 bits per heavy atom. The van der Waals surface area contributed by atoms with Crippen LogP contribution in [-0.4, -0.2) is 38.2 Å². The zero-order valence-electron chi connectivity index (χ0n) is 15.9. The molecular weight excluding hydrogens is 408 g/mol. The summed E-state index contributed by atoms with van der Waals surface area (Å²) in [6, 6.07) is 1.64. The standard InChI is InChI=1S/C17H23ClN4O5S/c1-8(2)11-5-10(18)6-12(9(3)4)14(11)20-17(25)22-28(26,27)13-7-19-16(24)21-15(13)23/h5-6,8-9,13H,7H2,1-4H3,(H2,20,22,25)(H2,19,21,23,24). The monoisotopic (exact) mass is 430 g/mol. The van der Waals surface area contributed by atoms with Crippen LogP contribution in [0.1, 0.15) is 50.7 Å². The lowest BCUT2D eigenvalue weighted by atomic mass is 9.92. The maximum Gasteiger partial charge on any atom is 0.332 e. The van der Waals surface area contributed by atoms with E-state index in [4.69, 9.17) is 11.6 Å². The van der Waals surface area contributed by atoms with Crippen LogP contribution in [0.2, 0.25) is 5.02 Å². The van der Waals surface area contributed by atoms with Crippen LogP contribution in [0.15, 0.2) is 12.1 Å². The van der Waals surface area contributed by atoms with Crippen molar-refractivity contribution in [3.63, 3.8) is 0 Å². The van der Waals surface area contributed by atoms with Crippen LogP contribution in [0.5, 0.6) is 0 Å². The fourth-order valence-electron chi connectivity index (χ4n) is 2.81. The van der Waals surface area contributed by atoms with Gasteiger partial charge in [0.1, 0.15) is 0 Å². The van der Waals surface area contributed by atoms with Crippen LogP contribution in [-0.2, 0) is 14.8 Å². The van der Waals surface area contributed by atoms with Crippen LogP contribution in [0.25, 0.3) is 0 Å². The molecular formula is C17H23ClN4O5S. The number of nitrogens with one attached hydrogen (secondary N) is 4. The number of carbonyl (C=O) groups excluding carboxylic acids is 3. The first kappa shape index (κ1) is 22.0. The molecule has 1 aromatic rings. The van der Waals surface area contributed by atoms with Crippen molar-refractivity contribution in [2.45, 2.75) is 44.8 Å². The molecule has 1 fully saturated rings. The maximum atomic E-state index is 12.4. The number of anilines is 1. The molecule has 1 aromatic carbocycles. The van der Waals surface area contributed by atoms with Crippen LogP contribution in [0, 0.1) is 0 Å². The number of carbonyl (C=O) groups is 3. The van der Waals surface area contributed by atoms with Crippen molar-refractivity contribution in [2.75, 3.05) is 11.9 Å². The fraction of sp³-hybridized carbons (Fsp3) is 0.471. The molecule has 1 saturated heterocycles. The molecule has 0 aliphatic carbocycles. The third kappa shape index (κ3) is 4.93. The van der Waals surface area contributed by atoms with E-state index < -0.39 is 39.8 Å². The number of halogens is 1. The summed E-state index contributed by atoms with van der Waals surface area (Å²) in [5.41, 5.74) is 1.99. The summed E-state index contributed by atoms with van der Waals surface area (Å²) in [6.45, 7) is 7.26. The molecule has 1 aliphatic rings. The van der Waals surface area contributed by atoms with Crippen LogP contribution in [0.3, 0.4) is 0 Å². The number of urea groups is 2. The van der Waals surface area contributed by atoms with Gasteiger partial charge < -0.3 is 10.6 Å². The van der Waals surface area contributed by atoms with Gasteiger partial charge in [-0.25, -0.2) is 22.7 Å². The Morgan fingerprint density at radius 2 is 1.68 bits per heavy atom. The molecule has 1 unspecified atom stereocenters. The molecule has 11 heteroatoms. The zero-order valence-corrected chi connectivity index (χ0v) is 17.5. The number of sulfonamides is 1. The van der Waals surface area contributed by atoms with E-state index in [0.29, 0.717) is 10.7 Å². The van der Waals surface area contributed by atoms with Crippen LogP contribution < -0.4 is 20.7 Å². The zero-order chi connectivity index (χ0) is 21.2. The summed E-state index contributed by atoms with van der Waals surface area (Å²) in [5.74, 6) is -0.967. The summed E-state index contributed by atoms with van der Waals surface area (Å²) in [4.78, 5) is 35.3. The quantitative estimate of drug-likeness (QED) is 0.568. The summed E-state index contributed by atoms with van der Waals surface area (Å²) in [7, 11) is -4.36. The Hall–Kier alpha value is -2.33. The van der Waals surface area contributed by atoms with E-state index in [1.54, 1.807) is 12.1 Å². The van der Waals surface area contributed by atoms with E-state index in [-0.39, 0.29) is 11.8 Å². The minimum absolute atomic E-state index is 0.0161. The topological polar surface area (TPSA) is 133 Å². The first-order chi connectivity index (χ1) is 12.9. The molecule has 0 saturated carbocycles. The lowest BCUT2D eigenvalue weighted by Gasteiger charge is -2.23. The van der Waals surface area contributed by atoms with Gasteiger partial charge in [-0.3, -0.25) is 10.1 Å². The van der Waals surface area contributed by atoms with Crippen molar-refractivity contribution in [3.8, 4) is 0 Å². The van der Waals surface area contributed by atoms with Gasteiger partial charge in [-0.2, -0.15) is 0 Å². The molecule has 28 heavy (non-hydrogen) atoms. The van der Waals surface area contributed by atoms with Crippen molar-refractivity contribution in [1.29, 1.82) is 0 Å². The molecule has 2 rings (SSSR count). The van der Waals surface area contributed by atoms with Gasteiger partial charge in [-0.05, 0) is 35.1 Å². The lowest BCUT2D eigenvalue weighted by Crippen LogP contribution is -2.60. The predicted octanol–water partition coefficient (Wildman–Crippen LogP) is 2.25. The highest BCUT2D eigenvalue weighted by Gasteiger charge is 2.38. The average Bonchev–Trinajstić information content (AvgIpc) is 2.54. The van der Waals surface area contributed by atoms with Gasteiger partial charge in [0.15, 0.2) is 5.25 Å². The molecule has 1 heterocycles. The van der Waals surface area contributed by atoms with Crippen molar-refractivity contribution in [2.24, 2.45) is 0 Å². The van der Waals surface area contributed by atoms with Gasteiger partial charge in [0.25, 0.3) is 0 Å². The van der Waals surface area contributed by atoms with Crippen molar-refractivity contribution < 1.29 is 22.8 Å². The number of amides is 5. The minimum atomic E-state index is -4.36. The molecule has 154 valence electrons. The van der Waals surface area contributed by atoms with E-state index in [1.807, 2.05) is 37.7 Å². The van der Waals surface area contributed by atoms with Gasteiger partial charge >= 0.3 is 12.1 Å². The normalized spacial score (nSPS) is 17.3. The smallest absolute Gasteiger partial charge is 0.332 e. The highest BCUT2D eigenvalue weighted by molar-refractivity contribution is 7.91. The SMILES string of the molecule is CC(C)c1cc(Cl)cc(C(C)C)c1NC(=O)NS(=O)(=O)C1CNC(=O)NC1=O. The van der Waals surface area contributed by atoms with Gasteiger partial charge in [0.2, 0.25) is 15.9 Å². The first-order valence-corrected chi connectivity index (χ1v) is 10.6. The summed E-state index contributed by atoms with van der Waals surface area (Å²) >= 11 is 6.18. The molecule has 0 radical (unpaired) electrons. The Labute approximate surface area is 168 Å². The van der Waals surface area contributed by atoms with Crippen molar-refractivity contribution in [1.82, 2.24) is 15.4 Å². The Kier molecular flexibility index (Phi) is 6.56. The molecule has 9 nitrogen and oxygen atoms in total. The highest BCUT2D eigenvalue weighted by atomic mass is 35.5. The van der Waals surface area contributed by atoms with Crippen molar-refractivity contribution >= 4 is 45.3 Å². The molecule has 0 spiro atoms. The summed E-state index contributed by atoms with van der Waals surface area (Å²) in [6.07, 6.45) is 0. The summed E-state index contributed by atoms with van der Waals surface area (Å²) < 4.78 is 26.6. The van der Waals surface area contributed by atoms with Crippen LogP contribution in [0.4, 0.5) is 15.3 Å². The lowest BCUT2D eigenvalue weighted by molar-refractivity contribution is -0.120. The largest absolute Gasteiger partial charge is 0.336 e. The number of hydrogen-bond acceptors (Lipinski definition) is 5. The molecule has 5 amide bonds. The average molecular weight is 431 g/mol. The minimum Gasteiger partial charge on any atom is -0.336 e. The first-order valence-electron chi connectivity index (χ1n) is 8.67. The molecule has 0 bridgehead atoms. The van der Waals surface area contributed by atoms with Crippen molar-refractivity contribution in [3.05, 3.63) is 28.3 Å². The van der Waals surface area contributed by atoms with Crippen LogP contribution >= 0.6 is 11.6 Å². The maximum absolute atomic E-state index is 12.4. The third-order valence-corrected chi connectivity index (χ3v) is 6.05. The number of benzene rings is 1. The van der Waals surface area contributed by atoms with Gasteiger partial charge in [-0.15, -0.1) is 0 Å². The van der Waals surface area contributed by atoms with E-state index in [1.165, 1.54) is 0 Å². The Bertz CT molecular complexity index is 885. The number of hydrogen-bond donors (Lipinski definition) is 4. The molecule has 0 aromatic heterocycles. The third-order valence-electron chi connectivity index (χ3n) is 4.23. The van der Waals surface area contributed by atoms with E-state index in [2.05, 4.69) is 10.6 Å². The second kappa shape index (κ2) is 8.36. The summed E-state index contributed by atoms with van der Waals surface area (Å²) in [5, 5.41) is 5.55. The fourth-order valence-corrected chi connectivity index (χ4v) is 4.14. The molecule has 1 atom stereocenters. The van der Waals surface area contributed by atoms with E-state index in [9.17, 15) is 22.8 Å². The Balaban J connectivity index is 2.28. The van der Waals surface area contributed by atoms with E-state index >= 15 is 0 Å². The van der Waals surface area contributed by atoms with Gasteiger partial charge in [0.05, 0.1) is 0 Å². The highest BCUT2D eigenvalue weighted by Crippen LogP contribution is 2.35. The number of rotatable bonds is 5. The molecule has 4 N–H and O–H groups in total. The van der Waals surface area contributed by atoms with Gasteiger partial charge in [0, 0.05) is 17.3 Å². The van der Waals surface area contributed by atoms with E-state index in [0.717, 1.165) is 11.1 Å². The van der Waals surface area contributed by atoms with Gasteiger partial charge in [-0.1, -0.05) is 39.3 Å². The predicted molar refractivity (Wildman–Crippen MR) is 106 cm³/mol.